The molecule has 20 heavy (non-hydrogen) atoms. The van der Waals surface area contributed by atoms with E-state index in [1.165, 1.54) is 4.90 Å². The van der Waals surface area contributed by atoms with E-state index in [9.17, 15) is 0 Å². The van der Waals surface area contributed by atoms with Crippen molar-refractivity contribution in [2.45, 2.75) is 56.3 Å². The average molecular weight is 358 g/mol. The van der Waals surface area contributed by atoms with Crippen molar-refractivity contribution in [2.24, 2.45) is 11.7 Å². The second-order valence-electron chi connectivity index (χ2n) is 6.68. The first kappa shape index (κ1) is 16.3. The first-order valence-electron chi connectivity index (χ1n) is 7.04. The van der Waals surface area contributed by atoms with Gasteiger partial charge in [0, 0.05) is 27.1 Å². The summed E-state index contributed by atoms with van der Waals surface area (Å²) in [7, 11) is 0. The van der Waals surface area contributed by atoms with Crippen LogP contribution in [0.3, 0.4) is 0 Å². The zero-order chi connectivity index (χ0) is 15.0. The number of ether oxygens (including phenoxy) is 1. The van der Waals surface area contributed by atoms with Gasteiger partial charge >= 0.3 is 0 Å². The minimum absolute atomic E-state index is 0.0657. The van der Waals surface area contributed by atoms with Crippen LogP contribution in [0.1, 0.15) is 34.1 Å². The predicted octanol–water partition coefficient (Wildman–Crippen LogP) is 4.46. The van der Waals surface area contributed by atoms with Crippen LogP contribution in [0, 0.1) is 5.92 Å². The van der Waals surface area contributed by atoms with E-state index in [1.54, 1.807) is 0 Å². The molecular weight excluding hydrogens is 334 g/mol. The Morgan fingerprint density at radius 2 is 2.00 bits per heavy atom. The van der Waals surface area contributed by atoms with E-state index in [0.29, 0.717) is 5.92 Å². The van der Waals surface area contributed by atoms with Gasteiger partial charge in [-0.05, 0) is 62.2 Å². The minimum Gasteiger partial charge on any atom is -0.369 e. The molecule has 0 amide bonds. The Kier molecular flexibility index (Phi) is 4.90. The molecule has 2 unspecified atom stereocenters. The molecule has 2 nitrogen and oxygen atoms in total. The average Bonchev–Trinajstić information content (AvgIpc) is 2.56. The number of nitrogens with two attached hydrogens (primary N) is 1. The van der Waals surface area contributed by atoms with Crippen molar-refractivity contribution in [1.82, 2.24) is 0 Å². The van der Waals surface area contributed by atoms with E-state index < -0.39 is 0 Å². The largest absolute Gasteiger partial charge is 0.369 e. The fraction of sp³-hybridized carbons (Fsp3) is 0.625. The van der Waals surface area contributed by atoms with Crippen molar-refractivity contribution < 1.29 is 4.74 Å². The number of hydrogen-bond donors (Lipinski definition) is 1. The van der Waals surface area contributed by atoms with Crippen molar-refractivity contribution in [3.8, 4) is 0 Å². The number of halogens is 1. The zero-order valence-corrected chi connectivity index (χ0v) is 15.1. The standard InChI is InChI=1S/C16H24BrNOS/c1-15(2)9-11(16(3,4)19-15)13(18)10-20-14-8-6-5-7-12(14)17/h5-8,11,13H,9-10,18H2,1-4H3. The Morgan fingerprint density at radius 1 is 1.35 bits per heavy atom. The van der Waals surface area contributed by atoms with Gasteiger partial charge in [0.2, 0.25) is 0 Å². The molecule has 1 fully saturated rings. The quantitative estimate of drug-likeness (QED) is 0.807. The van der Waals surface area contributed by atoms with Crippen LogP contribution in [0.25, 0.3) is 0 Å². The Labute approximate surface area is 135 Å². The predicted molar refractivity (Wildman–Crippen MR) is 90.2 cm³/mol. The van der Waals surface area contributed by atoms with Gasteiger partial charge in [0.15, 0.2) is 0 Å². The Bertz CT molecular complexity index is 475. The normalized spacial score (nSPS) is 25.6. The van der Waals surface area contributed by atoms with Crippen molar-refractivity contribution in [2.75, 3.05) is 5.75 Å². The highest BCUT2D eigenvalue weighted by Crippen LogP contribution is 2.44. The summed E-state index contributed by atoms with van der Waals surface area (Å²) in [5.41, 5.74) is 6.25. The first-order valence-corrected chi connectivity index (χ1v) is 8.82. The number of rotatable bonds is 4. The molecule has 0 saturated carbocycles. The molecule has 1 aliphatic heterocycles. The van der Waals surface area contributed by atoms with Crippen molar-refractivity contribution in [3.05, 3.63) is 28.7 Å². The highest BCUT2D eigenvalue weighted by atomic mass is 79.9. The van der Waals surface area contributed by atoms with Gasteiger partial charge in [0.25, 0.3) is 0 Å². The summed E-state index contributed by atoms with van der Waals surface area (Å²) in [4.78, 5) is 1.25. The summed E-state index contributed by atoms with van der Waals surface area (Å²) < 4.78 is 7.29. The third kappa shape index (κ3) is 3.79. The van der Waals surface area contributed by atoms with Crippen LogP contribution in [-0.4, -0.2) is 23.0 Å². The van der Waals surface area contributed by atoms with E-state index in [-0.39, 0.29) is 17.2 Å². The Hall–Kier alpha value is -0.0300. The third-order valence-electron chi connectivity index (χ3n) is 3.93. The molecule has 1 heterocycles. The maximum atomic E-state index is 6.46. The molecule has 0 radical (unpaired) electrons. The lowest BCUT2D eigenvalue weighted by Gasteiger charge is -2.30. The molecule has 112 valence electrons. The Balaban J connectivity index is 1.99. The van der Waals surface area contributed by atoms with E-state index >= 15 is 0 Å². The molecule has 0 aromatic heterocycles. The molecule has 0 spiro atoms. The molecule has 1 aromatic carbocycles. The van der Waals surface area contributed by atoms with Crippen LogP contribution in [0.5, 0.6) is 0 Å². The molecule has 2 atom stereocenters. The molecule has 4 heteroatoms. The van der Waals surface area contributed by atoms with E-state index in [1.807, 2.05) is 17.8 Å². The van der Waals surface area contributed by atoms with Gasteiger partial charge in [-0.15, -0.1) is 11.8 Å². The fourth-order valence-corrected chi connectivity index (χ4v) is 4.75. The molecule has 0 aliphatic carbocycles. The highest BCUT2D eigenvalue weighted by molar-refractivity contribution is 9.10. The molecular formula is C16H24BrNOS. The van der Waals surface area contributed by atoms with Gasteiger partial charge in [-0.3, -0.25) is 0 Å². The first-order chi connectivity index (χ1) is 9.21. The van der Waals surface area contributed by atoms with Crippen molar-refractivity contribution >= 4 is 27.7 Å². The topological polar surface area (TPSA) is 35.2 Å². The van der Waals surface area contributed by atoms with E-state index in [4.69, 9.17) is 10.5 Å². The minimum atomic E-state index is -0.141. The number of benzene rings is 1. The van der Waals surface area contributed by atoms with Crippen molar-refractivity contribution in [1.29, 1.82) is 0 Å². The smallest absolute Gasteiger partial charge is 0.0677 e. The number of hydrogen-bond acceptors (Lipinski definition) is 3. The van der Waals surface area contributed by atoms with Gasteiger partial charge in [0.05, 0.1) is 11.2 Å². The summed E-state index contributed by atoms with van der Waals surface area (Å²) in [6.45, 7) is 8.63. The van der Waals surface area contributed by atoms with Gasteiger partial charge in [0.1, 0.15) is 0 Å². The molecule has 1 saturated heterocycles. The van der Waals surface area contributed by atoms with Gasteiger partial charge in [-0.25, -0.2) is 0 Å². The molecule has 2 N–H and O–H groups in total. The zero-order valence-electron chi connectivity index (χ0n) is 12.7. The maximum Gasteiger partial charge on any atom is 0.0677 e. The van der Waals surface area contributed by atoms with Gasteiger partial charge < -0.3 is 10.5 Å². The van der Waals surface area contributed by atoms with Crippen LogP contribution in [0.15, 0.2) is 33.6 Å². The molecule has 0 bridgehead atoms. The summed E-state index contributed by atoms with van der Waals surface area (Å²) in [5, 5.41) is 0. The molecule has 1 aliphatic rings. The fourth-order valence-electron chi connectivity index (χ4n) is 3.14. The third-order valence-corrected chi connectivity index (χ3v) is 6.10. The number of thioether (sulfide) groups is 1. The second kappa shape index (κ2) is 5.99. The van der Waals surface area contributed by atoms with Crippen LogP contribution in [0.4, 0.5) is 0 Å². The maximum absolute atomic E-state index is 6.46. The Morgan fingerprint density at radius 3 is 2.55 bits per heavy atom. The van der Waals surface area contributed by atoms with Crippen LogP contribution in [-0.2, 0) is 4.74 Å². The monoisotopic (exact) mass is 357 g/mol. The van der Waals surface area contributed by atoms with Crippen molar-refractivity contribution in [3.63, 3.8) is 0 Å². The highest BCUT2D eigenvalue weighted by Gasteiger charge is 2.48. The lowest BCUT2D eigenvalue weighted by Crippen LogP contribution is -2.42. The SMILES string of the molecule is CC1(C)CC(C(N)CSc2ccccc2Br)C(C)(C)O1. The second-order valence-corrected chi connectivity index (χ2v) is 8.60. The van der Waals surface area contributed by atoms with E-state index in [0.717, 1.165) is 16.6 Å². The molecule has 1 aromatic rings. The summed E-state index contributed by atoms with van der Waals surface area (Å²) >= 11 is 5.40. The lowest BCUT2D eigenvalue weighted by atomic mass is 9.83. The van der Waals surface area contributed by atoms with Gasteiger partial charge in [-0.2, -0.15) is 0 Å². The van der Waals surface area contributed by atoms with Crippen LogP contribution in [0.2, 0.25) is 0 Å². The lowest BCUT2D eigenvalue weighted by molar-refractivity contribution is -0.0759. The van der Waals surface area contributed by atoms with E-state index in [2.05, 4.69) is 61.8 Å². The van der Waals surface area contributed by atoms with Crippen LogP contribution >= 0.6 is 27.7 Å². The summed E-state index contributed by atoms with van der Waals surface area (Å²) in [5.74, 6) is 1.31. The summed E-state index contributed by atoms with van der Waals surface area (Å²) in [6, 6.07) is 8.43. The van der Waals surface area contributed by atoms with Crippen LogP contribution < -0.4 is 5.73 Å². The molecule has 2 rings (SSSR count). The van der Waals surface area contributed by atoms with Gasteiger partial charge in [-0.1, -0.05) is 12.1 Å². The summed E-state index contributed by atoms with van der Waals surface area (Å²) in [6.07, 6.45) is 1.03.